The van der Waals surface area contributed by atoms with Gasteiger partial charge in [-0.05, 0) is 73.7 Å². The summed E-state index contributed by atoms with van der Waals surface area (Å²) in [6.07, 6.45) is 5.91. The lowest BCUT2D eigenvalue weighted by Crippen LogP contribution is -1.90. The third kappa shape index (κ3) is 4.74. The molecule has 0 atom stereocenters. The monoisotopic (exact) mass is 382 g/mol. The van der Waals surface area contributed by atoms with Crippen molar-refractivity contribution in [1.82, 2.24) is 4.57 Å². The van der Waals surface area contributed by atoms with Crippen LogP contribution >= 0.6 is 0 Å². The van der Waals surface area contributed by atoms with E-state index < -0.39 is 0 Å². The van der Waals surface area contributed by atoms with Gasteiger partial charge in [0.15, 0.2) is 0 Å². The molecule has 0 spiro atoms. The van der Waals surface area contributed by atoms with Crippen molar-refractivity contribution in [2.24, 2.45) is 4.99 Å². The van der Waals surface area contributed by atoms with Gasteiger partial charge < -0.3 is 14.0 Å². The van der Waals surface area contributed by atoms with Crippen LogP contribution in [0.4, 0.5) is 5.69 Å². The average molecular weight is 382 g/mol. The van der Waals surface area contributed by atoms with Crippen molar-refractivity contribution >= 4 is 11.9 Å². The highest BCUT2D eigenvalue weighted by Crippen LogP contribution is 2.24. The third-order valence-electron chi connectivity index (χ3n) is 4.54. The van der Waals surface area contributed by atoms with E-state index >= 15 is 0 Å². The number of nitrogens with zero attached hydrogens (tertiary/aromatic N) is 2. The van der Waals surface area contributed by atoms with E-state index in [0.717, 1.165) is 34.2 Å². The van der Waals surface area contributed by atoms with E-state index in [1.54, 1.807) is 7.11 Å². The molecule has 3 aromatic carbocycles. The predicted molar refractivity (Wildman–Crippen MR) is 117 cm³/mol. The molecule has 0 aliphatic heterocycles. The number of rotatable bonds is 6. The number of aryl methyl sites for hydroxylation is 1. The van der Waals surface area contributed by atoms with Crippen LogP contribution < -0.4 is 9.47 Å². The Morgan fingerprint density at radius 1 is 0.759 bits per heavy atom. The van der Waals surface area contributed by atoms with Gasteiger partial charge in [0, 0.05) is 29.9 Å². The van der Waals surface area contributed by atoms with Gasteiger partial charge in [0.05, 0.1) is 12.8 Å². The summed E-state index contributed by atoms with van der Waals surface area (Å²) in [5.41, 5.74) is 4.19. The fourth-order valence-corrected chi connectivity index (χ4v) is 2.90. The molecule has 29 heavy (non-hydrogen) atoms. The maximum Gasteiger partial charge on any atom is 0.127 e. The largest absolute Gasteiger partial charge is 0.497 e. The first-order chi connectivity index (χ1) is 14.2. The van der Waals surface area contributed by atoms with Crippen molar-refractivity contribution in [1.29, 1.82) is 0 Å². The van der Waals surface area contributed by atoms with Gasteiger partial charge in [-0.15, -0.1) is 0 Å². The Hall–Kier alpha value is -3.79. The zero-order valence-corrected chi connectivity index (χ0v) is 16.4. The molecule has 0 bridgehead atoms. The van der Waals surface area contributed by atoms with Crippen LogP contribution in [0.15, 0.2) is 96.2 Å². The summed E-state index contributed by atoms with van der Waals surface area (Å²) in [7, 11) is 1.67. The average Bonchev–Trinajstić information content (AvgIpc) is 3.24. The van der Waals surface area contributed by atoms with Crippen molar-refractivity contribution in [3.63, 3.8) is 0 Å². The standard InChI is InChI=1S/C25H22N2O2/c1-19-3-9-24(10-4-19)29-25-11-5-21(6-12-25)26-17-20-15-16-27(18-20)22-7-13-23(28-2)14-8-22/h3-18H,1-2H3. The number of methoxy groups -OCH3 is 1. The Balaban J connectivity index is 1.41. The molecule has 4 nitrogen and oxygen atoms in total. The minimum absolute atomic E-state index is 0.790. The Morgan fingerprint density at radius 3 is 2.03 bits per heavy atom. The molecular formula is C25H22N2O2. The molecule has 4 rings (SSSR count). The zero-order chi connectivity index (χ0) is 20.1. The van der Waals surface area contributed by atoms with Gasteiger partial charge in [-0.2, -0.15) is 0 Å². The SMILES string of the molecule is COc1ccc(-n2ccc(C=Nc3ccc(Oc4ccc(C)cc4)cc3)c2)cc1. The number of hydrogen-bond acceptors (Lipinski definition) is 3. The molecule has 1 heterocycles. The van der Waals surface area contributed by atoms with Gasteiger partial charge in [-0.1, -0.05) is 17.7 Å². The minimum Gasteiger partial charge on any atom is -0.497 e. The summed E-state index contributed by atoms with van der Waals surface area (Å²) in [5.74, 6) is 2.46. The topological polar surface area (TPSA) is 35.8 Å². The second-order valence-corrected chi connectivity index (χ2v) is 6.72. The molecule has 4 aromatic rings. The van der Waals surface area contributed by atoms with Gasteiger partial charge in [0.1, 0.15) is 17.2 Å². The molecule has 0 radical (unpaired) electrons. The van der Waals surface area contributed by atoms with Crippen molar-refractivity contribution < 1.29 is 9.47 Å². The highest BCUT2D eigenvalue weighted by molar-refractivity contribution is 5.81. The van der Waals surface area contributed by atoms with Gasteiger partial charge in [0.25, 0.3) is 0 Å². The van der Waals surface area contributed by atoms with Crippen molar-refractivity contribution in [3.8, 4) is 22.9 Å². The van der Waals surface area contributed by atoms with E-state index in [1.807, 2.05) is 97.5 Å². The molecule has 144 valence electrons. The number of aliphatic imine (C=N–C) groups is 1. The van der Waals surface area contributed by atoms with Crippen LogP contribution in [0.1, 0.15) is 11.1 Å². The van der Waals surface area contributed by atoms with Gasteiger partial charge >= 0.3 is 0 Å². The Morgan fingerprint density at radius 2 is 1.38 bits per heavy atom. The van der Waals surface area contributed by atoms with Gasteiger partial charge in [0.2, 0.25) is 0 Å². The highest BCUT2D eigenvalue weighted by Gasteiger charge is 2.00. The number of benzene rings is 3. The molecule has 4 heteroatoms. The summed E-state index contributed by atoms with van der Waals surface area (Å²) >= 11 is 0. The zero-order valence-electron chi connectivity index (χ0n) is 16.4. The maximum absolute atomic E-state index is 5.86. The van der Waals surface area contributed by atoms with E-state index in [4.69, 9.17) is 9.47 Å². The van der Waals surface area contributed by atoms with Crippen LogP contribution in [-0.4, -0.2) is 17.9 Å². The van der Waals surface area contributed by atoms with Crippen molar-refractivity contribution in [2.75, 3.05) is 7.11 Å². The lowest BCUT2D eigenvalue weighted by Gasteiger charge is -2.06. The molecule has 0 aliphatic carbocycles. The third-order valence-corrected chi connectivity index (χ3v) is 4.54. The maximum atomic E-state index is 5.86. The minimum atomic E-state index is 0.790. The molecule has 0 saturated heterocycles. The molecule has 0 fully saturated rings. The molecular weight excluding hydrogens is 360 g/mol. The van der Waals surface area contributed by atoms with Gasteiger partial charge in [-0.25, -0.2) is 0 Å². The predicted octanol–water partition coefficient (Wildman–Crippen LogP) is 6.34. The summed E-state index contributed by atoms with van der Waals surface area (Å²) in [4.78, 5) is 4.56. The van der Waals surface area contributed by atoms with E-state index in [1.165, 1.54) is 5.56 Å². The molecule has 0 unspecified atom stereocenters. The Labute approximate surface area is 170 Å². The highest BCUT2D eigenvalue weighted by atomic mass is 16.5. The summed E-state index contributed by atoms with van der Waals surface area (Å²) < 4.78 is 13.1. The molecule has 1 aromatic heterocycles. The van der Waals surface area contributed by atoms with E-state index in [-0.39, 0.29) is 0 Å². The fourth-order valence-electron chi connectivity index (χ4n) is 2.90. The lowest BCUT2D eigenvalue weighted by molar-refractivity contribution is 0.415. The molecule has 0 N–H and O–H groups in total. The van der Waals surface area contributed by atoms with Crippen LogP contribution in [0, 0.1) is 6.92 Å². The fraction of sp³-hybridized carbons (Fsp3) is 0.0800. The van der Waals surface area contributed by atoms with Crippen molar-refractivity contribution in [3.05, 3.63) is 102 Å². The van der Waals surface area contributed by atoms with Crippen LogP contribution in [-0.2, 0) is 0 Å². The smallest absolute Gasteiger partial charge is 0.127 e. The summed E-state index contributed by atoms with van der Waals surface area (Å²) in [5, 5.41) is 0. The van der Waals surface area contributed by atoms with Crippen LogP contribution in [0.5, 0.6) is 17.2 Å². The first-order valence-corrected chi connectivity index (χ1v) is 9.41. The number of aromatic nitrogens is 1. The van der Waals surface area contributed by atoms with Crippen LogP contribution in [0.3, 0.4) is 0 Å². The lowest BCUT2D eigenvalue weighted by atomic mass is 10.2. The molecule has 0 amide bonds. The van der Waals surface area contributed by atoms with E-state index in [2.05, 4.69) is 16.5 Å². The first-order valence-electron chi connectivity index (χ1n) is 9.41. The Kier molecular flexibility index (Phi) is 5.43. The second-order valence-electron chi connectivity index (χ2n) is 6.72. The van der Waals surface area contributed by atoms with Crippen molar-refractivity contribution in [2.45, 2.75) is 6.92 Å². The van der Waals surface area contributed by atoms with Crippen LogP contribution in [0.25, 0.3) is 5.69 Å². The summed E-state index contributed by atoms with van der Waals surface area (Å²) in [6.45, 7) is 2.06. The van der Waals surface area contributed by atoms with Gasteiger partial charge in [-0.3, -0.25) is 4.99 Å². The quantitative estimate of drug-likeness (QED) is 0.365. The number of hydrogen-bond donors (Lipinski definition) is 0. The Bertz CT molecular complexity index is 1090. The van der Waals surface area contributed by atoms with E-state index in [0.29, 0.717) is 0 Å². The first kappa shape index (κ1) is 18.6. The van der Waals surface area contributed by atoms with Crippen LogP contribution in [0.2, 0.25) is 0 Å². The number of ether oxygens (including phenoxy) is 2. The summed E-state index contributed by atoms with van der Waals surface area (Å²) in [6, 6.07) is 25.7. The molecule has 0 saturated carbocycles. The normalized spacial score (nSPS) is 11.0. The molecule has 0 aliphatic rings. The van der Waals surface area contributed by atoms with E-state index in [9.17, 15) is 0 Å². The second kappa shape index (κ2) is 8.48.